The van der Waals surface area contributed by atoms with Crippen molar-refractivity contribution in [3.05, 3.63) is 52.2 Å². The zero-order valence-corrected chi connectivity index (χ0v) is 19.0. The van der Waals surface area contributed by atoms with Gasteiger partial charge in [-0.05, 0) is 44.4 Å². The molecule has 10 heteroatoms. The lowest BCUT2D eigenvalue weighted by molar-refractivity contribution is 0.0942. The van der Waals surface area contributed by atoms with Crippen LogP contribution in [-0.4, -0.2) is 45.0 Å². The molecule has 0 bridgehead atoms. The number of hydrogen-bond acceptors (Lipinski definition) is 7. The van der Waals surface area contributed by atoms with Crippen LogP contribution in [0.3, 0.4) is 0 Å². The first-order valence-electron chi connectivity index (χ1n) is 11.0. The third-order valence-corrected chi connectivity index (χ3v) is 6.10. The number of nitrogens with zero attached hydrogens (tertiary/aromatic N) is 4. The summed E-state index contributed by atoms with van der Waals surface area (Å²) in [4.78, 5) is 41.6. The Morgan fingerprint density at radius 3 is 2.70 bits per heavy atom. The van der Waals surface area contributed by atoms with E-state index in [0.29, 0.717) is 6.54 Å². The Hall–Kier alpha value is -3.69. The van der Waals surface area contributed by atoms with Crippen LogP contribution in [0.5, 0.6) is 5.75 Å². The Morgan fingerprint density at radius 1 is 1.24 bits per heavy atom. The Labute approximate surface area is 190 Å². The largest absolute Gasteiger partial charge is 0.514 e. The SMILES string of the molecule is CCOC(=O)Oc1cn(CC2(n3cc(C)c4cccnc43)CCCC2)nc(C(=O)NC)c1=O. The summed E-state index contributed by atoms with van der Waals surface area (Å²) in [5, 5.41) is 7.80. The van der Waals surface area contributed by atoms with Crippen molar-refractivity contribution in [2.45, 2.75) is 51.6 Å². The lowest BCUT2D eigenvalue weighted by atomic mass is 9.97. The van der Waals surface area contributed by atoms with Gasteiger partial charge in [-0.15, -0.1) is 0 Å². The average Bonchev–Trinajstić information content (AvgIpc) is 3.41. The molecule has 33 heavy (non-hydrogen) atoms. The smallest absolute Gasteiger partial charge is 0.434 e. The van der Waals surface area contributed by atoms with Gasteiger partial charge in [0.05, 0.1) is 24.9 Å². The number of aryl methyl sites for hydroxylation is 1. The molecule has 1 aliphatic carbocycles. The van der Waals surface area contributed by atoms with E-state index in [0.717, 1.165) is 42.3 Å². The molecule has 0 atom stereocenters. The predicted molar refractivity (Wildman–Crippen MR) is 120 cm³/mol. The van der Waals surface area contributed by atoms with Crippen molar-refractivity contribution in [2.75, 3.05) is 13.7 Å². The molecule has 0 radical (unpaired) electrons. The number of aromatic nitrogens is 4. The zero-order chi connectivity index (χ0) is 23.6. The first-order valence-corrected chi connectivity index (χ1v) is 11.0. The van der Waals surface area contributed by atoms with Crippen molar-refractivity contribution in [3.63, 3.8) is 0 Å². The minimum Gasteiger partial charge on any atom is -0.434 e. The minimum absolute atomic E-state index is 0.0938. The van der Waals surface area contributed by atoms with Gasteiger partial charge in [0.25, 0.3) is 11.3 Å². The molecule has 0 aromatic carbocycles. The summed E-state index contributed by atoms with van der Waals surface area (Å²) >= 11 is 0. The molecule has 0 aliphatic heterocycles. The van der Waals surface area contributed by atoms with Crippen molar-refractivity contribution >= 4 is 23.1 Å². The number of pyridine rings is 1. The highest BCUT2D eigenvalue weighted by atomic mass is 16.7. The standard InChI is InChI=1S/C23H27N5O5/c1-4-32-22(31)33-17-13-27(26-18(19(17)29)21(30)24-3)14-23(9-5-6-10-23)28-12-15(2)16-8-7-11-25-20(16)28/h7-8,11-13H,4-6,9-10,14H2,1-3H3,(H,24,30). The normalized spacial score (nSPS) is 14.9. The fraction of sp³-hybridized carbons (Fsp3) is 0.435. The molecule has 0 spiro atoms. The van der Waals surface area contributed by atoms with E-state index >= 15 is 0 Å². The number of nitrogens with one attached hydrogen (secondary N) is 1. The van der Waals surface area contributed by atoms with Crippen molar-refractivity contribution < 1.29 is 19.1 Å². The number of carbonyl (C=O) groups is 2. The molecule has 10 nitrogen and oxygen atoms in total. The second kappa shape index (κ2) is 9.05. The summed E-state index contributed by atoms with van der Waals surface area (Å²) in [7, 11) is 1.41. The van der Waals surface area contributed by atoms with Gasteiger partial charge in [0, 0.05) is 24.8 Å². The van der Waals surface area contributed by atoms with Gasteiger partial charge < -0.3 is 19.4 Å². The molecular weight excluding hydrogens is 426 g/mol. The van der Waals surface area contributed by atoms with Crippen LogP contribution >= 0.6 is 0 Å². The maximum Gasteiger partial charge on any atom is 0.514 e. The van der Waals surface area contributed by atoms with E-state index in [1.165, 1.54) is 17.9 Å². The van der Waals surface area contributed by atoms with Crippen molar-refractivity contribution in [1.29, 1.82) is 0 Å². The maximum atomic E-state index is 12.7. The fourth-order valence-electron chi connectivity index (χ4n) is 4.56. The molecular formula is C23H27N5O5. The Bertz CT molecular complexity index is 1260. The van der Waals surface area contributed by atoms with Crippen LogP contribution in [0.1, 0.15) is 48.7 Å². The van der Waals surface area contributed by atoms with E-state index in [1.807, 2.05) is 12.1 Å². The van der Waals surface area contributed by atoms with Crippen LogP contribution in [0.4, 0.5) is 4.79 Å². The first-order chi connectivity index (χ1) is 15.9. The Morgan fingerprint density at radius 2 is 2.00 bits per heavy atom. The molecule has 3 aromatic heterocycles. The molecule has 1 saturated carbocycles. The molecule has 174 valence electrons. The first kappa shape index (κ1) is 22.5. The third-order valence-electron chi connectivity index (χ3n) is 6.10. The van der Waals surface area contributed by atoms with Crippen molar-refractivity contribution in [3.8, 4) is 5.75 Å². The monoisotopic (exact) mass is 453 g/mol. The molecule has 0 unspecified atom stereocenters. The maximum absolute atomic E-state index is 12.7. The molecule has 1 aliphatic rings. The molecule has 4 rings (SSSR count). The summed E-state index contributed by atoms with van der Waals surface area (Å²) < 4.78 is 13.6. The van der Waals surface area contributed by atoms with Gasteiger partial charge in [-0.3, -0.25) is 14.3 Å². The summed E-state index contributed by atoms with van der Waals surface area (Å²) in [5.74, 6) is -0.964. The van der Waals surface area contributed by atoms with Crippen LogP contribution in [0, 0.1) is 6.92 Å². The van der Waals surface area contributed by atoms with Crippen LogP contribution < -0.4 is 15.5 Å². The molecule has 1 N–H and O–H groups in total. The van der Waals surface area contributed by atoms with Gasteiger partial charge in [-0.1, -0.05) is 12.8 Å². The van der Waals surface area contributed by atoms with Crippen LogP contribution in [0.2, 0.25) is 0 Å². The van der Waals surface area contributed by atoms with E-state index in [2.05, 4.69) is 33.1 Å². The lowest BCUT2D eigenvalue weighted by Crippen LogP contribution is -2.38. The number of rotatable bonds is 6. The molecule has 0 saturated heterocycles. The van der Waals surface area contributed by atoms with Gasteiger partial charge in [-0.2, -0.15) is 5.10 Å². The number of carbonyl (C=O) groups excluding carboxylic acids is 2. The van der Waals surface area contributed by atoms with E-state index < -0.39 is 17.5 Å². The van der Waals surface area contributed by atoms with E-state index in [-0.39, 0.29) is 23.6 Å². The highest BCUT2D eigenvalue weighted by molar-refractivity contribution is 5.92. The van der Waals surface area contributed by atoms with Crippen LogP contribution in [0.15, 0.2) is 35.5 Å². The summed E-state index contributed by atoms with van der Waals surface area (Å²) in [6.07, 6.45) is 8.03. The fourth-order valence-corrected chi connectivity index (χ4v) is 4.56. The second-order valence-electron chi connectivity index (χ2n) is 8.22. The van der Waals surface area contributed by atoms with Gasteiger partial charge in [0.2, 0.25) is 5.75 Å². The summed E-state index contributed by atoms with van der Waals surface area (Å²) in [6, 6.07) is 3.96. The topological polar surface area (TPSA) is 117 Å². The minimum atomic E-state index is -1.01. The molecule has 3 heterocycles. The van der Waals surface area contributed by atoms with E-state index in [1.54, 1.807) is 13.1 Å². The summed E-state index contributed by atoms with van der Waals surface area (Å²) in [5.41, 5.74) is 0.522. The predicted octanol–water partition coefficient (Wildman–Crippen LogP) is 2.77. The molecule has 3 aromatic rings. The van der Waals surface area contributed by atoms with Gasteiger partial charge in [0.1, 0.15) is 5.65 Å². The van der Waals surface area contributed by atoms with Crippen molar-refractivity contribution in [2.24, 2.45) is 0 Å². The Kier molecular flexibility index (Phi) is 6.17. The highest BCUT2D eigenvalue weighted by Gasteiger charge is 2.38. The molecule has 1 amide bonds. The third kappa shape index (κ3) is 4.20. The number of fused-ring (bicyclic) bond motifs is 1. The van der Waals surface area contributed by atoms with Crippen LogP contribution in [0.25, 0.3) is 11.0 Å². The average molecular weight is 453 g/mol. The van der Waals surface area contributed by atoms with Gasteiger partial charge >= 0.3 is 6.16 Å². The number of ether oxygens (including phenoxy) is 2. The highest BCUT2D eigenvalue weighted by Crippen LogP contribution is 2.40. The van der Waals surface area contributed by atoms with E-state index in [4.69, 9.17) is 9.47 Å². The number of hydrogen-bond donors (Lipinski definition) is 1. The quantitative estimate of drug-likeness (QED) is 0.570. The zero-order valence-electron chi connectivity index (χ0n) is 19.0. The van der Waals surface area contributed by atoms with E-state index in [9.17, 15) is 14.4 Å². The Balaban J connectivity index is 1.80. The van der Waals surface area contributed by atoms with Gasteiger partial charge in [0.15, 0.2) is 5.69 Å². The number of amides is 1. The van der Waals surface area contributed by atoms with Crippen LogP contribution in [-0.2, 0) is 16.8 Å². The van der Waals surface area contributed by atoms with Crippen molar-refractivity contribution in [1.82, 2.24) is 24.6 Å². The molecule has 1 fully saturated rings. The summed E-state index contributed by atoms with van der Waals surface area (Å²) in [6.45, 7) is 4.14. The lowest BCUT2D eigenvalue weighted by Gasteiger charge is -2.32. The second-order valence-corrected chi connectivity index (χ2v) is 8.22. The van der Waals surface area contributed by atoms with Gasteiger partial charge in [-0.25, -0.2) is 9.78 Å².